The Morgan fingerprint density at radius 3 is 2.81 bits per heavy atom. The topological polar surface area (TPSA) is 80.0 Å². The number of hydrogen-bond acceptors (Lipinski definition) is 8. The first kappa shape index (κ1) is 14.6. The van der Waals surface area contributed by atoms with Crippen LogP contribution in [0.1, 0.15) is 32.3 Å². The first-order chi connectivity index (χ1) is 10.1. The number of aromatic nitrogens is 4. The molecule has 3 rings (SSSR count). The number of aryl methyl sites for hydroxylation is 1. The predicted molar refractivity (Wildman–Crippen MR) is 80.0 cm³/mol. The minimum absolute atomic E-state index is 0.242. The van der Waals surface area contributed by atoms with E-state index in [-0.39, 0.29) is 5.54 Å². The van der Waals surface area contributed by atoms with Crippen molar-refractivity contribution in [1.82, 2.24) is 29.9 Å². The quantitative estimate of drug-likeness (QED) is 0.911. The molecule has 1 N–H and O–H groups in total. The fraction of sp³-hybridized carbons (Fsp3) is 0.692. The van der Waals surface area contributed by atoms with Gasteiger partial charge in [-0.2, -0.15) is 4.98 Å². The summed E-state index contributed by atoms with van der Waals surface area (Å²) in [7, 11) is 0. The molecule has 7 nitrogen and oxygen atoms in total. The molecule has 0 aliphatic carbocycles. The molecule has 0 aromatic carbocycles. The molecule has 1 fully saturated rings. The molecule has 21 heavy (non-hydrogen) atoms. The Bertz CT molecular complexity index is 601. The van der Waals surface area contributed by atoms with Crippen LogP contribution in [0.25, 0.3) is 10.8 Å². The number of rotatable bonds is 4. The highest BCUT2D eigenvalue weighted by Crippen LogP contribution is 2.30. The summed E-state index contributed by atoms with van der Waals surface area (Å²) in [5.74, 6) is 1.25. The SMILES string of the molecule is CCc1nnsc1-c1nc(C(C)(C)N2CCNCC2)no1. The third-order valence-corrected chi connectivity index (χ3v) is 4.72. The normalized spacial score (nSPS) is 17.3. The lowest BCUT2D eigenvalue weighted by Gasteiger charge is -2.38. The van der Waals surface area contributed by atoms with E-state index in [9.17, 15) is 0 Å². The van der Waals surface area contributed by atoms with Crippen LogP contribution in [0.5, 0.6) is 0 Å². The molecule has 114 valence electrons. The third kappa shape index (κ3) is 2.70. The number of piperazine rings is 1. The first-order valence-corrected chi connectivity index (χ1v) is 8.02. The molecule has 0 unspecified atom stereocenters. The average Bonchev–Trinajstić information content (AvgIpc) is 3.16. The van der Waals surface area contributed by atoms with E-state index in [0.717, 1.165) is 49.0 Å². The lowest BCUT2D eigenvalue weighted by Crippen LogP contribution is -2.52. The molecular formula is C13H20N6OS. The molecule has 0 saturated carbocycles. The highest BCUT2D eigenvalue weighted by molar-refractivity contribution is 7.09. The Balaban J connectivity index is 1.87. The molecule has 3 heterocycles. The highest BCUT2D eigenvalue weighted by atomic mass is 32.1. The van der Waals surface area contributed by atoms with Crippen LogP contribution >= 0.6 is 11.5 Å². The largest absolute Gasteiger partial charge is 0.333 e. The van der Waals surface area contributed by atoms with Crippen molar-refractivity contribution in [2.24, 2.45) is 0 Å². The van der Waals surface area contributed by atoms with Gasteiger partial charge in [0.25, 0.3) is 5.89 Å². The van der Waals surface area contributed by atoms with Crippen molar-refractivity contribution in [2.45, 2.75) is 32.7 Å². The third-order valence-electron chi connectivity index (χ3n) is 3.97. The van der Waals surface area contributed by atoms with E-state index in [4.69, 9.17) is 4.52 Å². The summed E-state index contributed by atoms with van der Waals surface area (Å²) in [5.41, 5.74) is 0.670. The summed E-state index contributed by atoms with van der Waals surface area (Å²) in [6.45, 7) is 10.3. The zero-order valence-electron chi connectivity index (χ0n) is 12.6. The summed E-state index contributed by atoms with van der Waals surface area (Å²) in [5, 5.41) is 11.7. The van der Waals surface area contributed by atoms with Gasteiger partial charge in [0.1, 0.15) is 4.88 Å². The van der Waals surface area contributed by atoms with Crippen LogP contribution in [0, 0.1) is 0 Å². The Kier molecular flexibility index (Phi) is 4.01. The van der Waals surface area contributed by atoms with E-state index >= 15 is 0 Å². The fourth-order valence-electron chi connectivity index (χ4n) is 2.53. The number of hydrogen-bond donors (Lipinski definition) is 1. The maximum absolute atomic E-state index is 5.46. The van der Waals surface area contributed by atoms with Crippen molar-refractivity contribution in [3.05, 3.63) is 11.5 Å². The molecule has 0 bridgehead atoms. The van der Waals surface area contributed by atoms with Crippen LogP contribution in [0.15, 0.2) is 4.52 Å². The van der Waals surface area contributed by atoms with Gasteiger partial charge in [0.15, 0.2) is 5.82 Å². The van der Waals surface area contributed by atoms with Gasteiger partial charge in [0.05, 0.1) is 11.2 Å². The van der Waals surface area contributed by atoms with E-state index in [0.29, 0.717) is 5.89 Å². The summed E-state index contributed by atoms with van der Waals surface area (Å²) < 4.78 is 9.43. The molecule has 2 aromatic heterocycles. The van der Waals surface area contributed by atoms with Gasteiger partial charge < -0.3 is 9.84 Å². The summed E-state index contributed by atoms with van der Waals surface area (Å²) >= 11 is 1.31. The van der Waals surface area contributed by atoms with Gasteiger partial charge in [-0.3, -0.25) is 4.90 Å². The maximum Gasteiger partial charge on any atom is 0.271 e. The molecule has 0 radical (unpaired) electrons. The molecule has 8 heteroatoms. The van der Waals surface area contributed by atoms with Crippen molar-refractivity contribution in [3.8, 4) is 10.8 Å². The first-order valence-electron chi connectivity index (χ1n) is 7.24. The van der Waals surface area contributed by atoms with Crippen LogP contribution in [-0.2, 0) is 12.0 Å². The molecule has 0 spiro atoms. The minimum Gasteiger partial charge on any atom is -0.333 e. The van der Waals surface area contributed by atoms with Gasteiger partial charge in [-0.15, -0.1) is 5.10 Å². The van der Waals surface area contributed by atoms with Crippen LogP contribution in [0.2, 0.25) is 0 Å². The van der Waals surface area contributed by atoms with E-state index in [2.05, 4.69) is 43.8 Å². The van der Waals surface area contributed by atoms with Crippen molar-refractivity contribution < 1.29 is 4.52 Å². The van der Waals surface area contributed by atoms with Gasteiger partial charge in [0.2, 0.25) is 0 Å². The van der Waals surface area contributed by atoms with Gasteiger partial charge in [-0.25, -0.2) is 0 Å². The van der Waals surface area contributed by atoms with Crippen molar-refractivity contribution >= 4 is 11.5 Å². The molecule has 1 aliphatic rings. The van der Waals surface area contributed by atoms with Crippen molar-refractivity contribution in [3.63, 3.8) is 0 Å². The van der Waals surface area contributed by atoms with Gasteiger partial charge >= 0.3 is 0 Å². The van der Waals surface area contributed by atoms with Gasteiger partial charge in [-0.1, -0.05) is 16.6 Å². The monoisotopic (exact) mass is 308 g/mol. The van der Waals surface area contributed by atoms with E-state index in [1.165, 1.54) is 11.5 Å². The zero-order valence-corrected chi connectivity index (χ0v) is 13.4. The van der Waals surface area contributed by atoms with E-state index < -0.39 is 0 Å². The summed E-state index contributed by atoms with van der Waals surface area (Å²) in [6.07, 6.45) is 0.810. The Morgan fingerprint density at radius 1 is 1.33 bits per heavy atom. The second-order valence-corrected chi connectivity index (χ2v) is 6.38. The number of nitrogens with one attached hydrogen (secondary N) is 1. The molecular weight excluding hydrogens is 288 g/mol. The van der Waals surface area contributed by atoms with E-state index in [1.54, 1.807) is 0 Å². The van der Waals surface area contributed by atoms with Crippen LogP contribution < -0.4 is 5.32 Å². The van der Waals surface area contributed by atoms with Crippen LogP contribution in [0.4, 0.5) is 0 Å². The van der Waals surface area contributed by atoms with E-state index in [1.807, 2.05) is 6.92 Å². The smallest absolute Gasteiger partial charge is 0.271 e. The summed E-state index contributed by atoms with van der Waals surface area (Å²) in [6, 6.07) is 0. The standard InChI is InChI=1S/C13H20N6OS/c1-4-9-10(21-18-16-9)11-15-12(17-20-11)13(2,3)19-7-5-14-6-8-19/h14H,4-8H2,1-3H3. The molecule has 1 aliphatic heterocycles. The summed E-state index contributed by atoms with van der Waals surface area (Å²) in [4.78, 5) is 7.86. The van der Waals surface area contributed by atoms with Crippen LogP contribution in [0.3, 0.4) is 0 Å². The Hall–Kier alpha value is -1.38. The molecule has 1 saturated heterocycles. The Morgan fingerprint density at radius 2 is 2.10 bits per heavy atom. The lowest BCUT2D eigenvalue weighted by molar-refractivity contribution is 0.0925. The van der Waals surface area contributed by atoms with Crippen molar-refractivity contribution in [1.29, 1.82) is 0 Å². The van der Waals surface area contributed by atoms with Gasteiger partial charge in [-0.05, 0) is 31.8 Å². The Labute approximate surface area is 127 Å². The second-order valence-electron chi connectivity index (χ2n) is 5.62. The van der Waals surface area contributed by atoms with Crippen molar-refractivity contribution in [2.75, 3.05) is 26.2 Å². The predicted octanol–water partition coefficient (Wildman–Crippen LogP) is 1.29. The highest BCUT2D eigenvalue weighted by Gasteiger charge is 2.34. The maximum atomic E-state index is 5.46. The zero-order chi connectivity index (χ0) is 14.9. The van der Waals surface area contributed by atoms with Gasteiger partial charge in [0, 0.05) is 26.2 Å². The second kappa shape index (κ2) is 5.78. The molecule has 2 aromatic rings. The molecule has 0 amide bonds. The fourth-order valence-corrected chi connectivity index (χ4v) is 3.20. The van der Waals surface area contributed by atoms with Crippen LogP contribution in [-0.4, -0.2) is 50.8 Å². The average molecular weight is 308 g/mol. The molecule has 0 atom stereocenters. The lowest BCUT2D eigenvalue weighted by atomic mass is 10.0. The minimum atomic E-state index is -0.242. The number of nitrogens with zero attached hydrogens (tertiary/aromatic N) is 5.